The van der Waals surface area contributed by atoms with Gasteiger partial charge in [0.25, 0.3) is 0 Å². The summed E-state index contributed by atoms with van der Waals surface area (Å²) < 4.78 is 0. The number of hydrogen-bond acceptors (Lipinski definition) is 3. The Labute approximate surface area is 167 Å². The summed E-state index contributed by atoms with van der Waals surface area (Å²) in [6.45, 7) is 4.10. The van der Waals surface area contributed by atoms with Crippen LogP contribution in [0.3, 0.4) is 0 Å². The number of nitrogens with zero attached hydrogens (tertiary/aromatic N) is 2. The minimum atomic E-state index is 0.144. The molecule has 2 atom stereocenters. The van der Waals surface area contributed by atoms with Crippen LogP contribution in [0.4, 0.5) is 0 Å². The molecule has 28 heavy (non-hydrogen) atoms. The van der Waals surface area contributed by atoms with Gasteiger partial charge in [-0.05, 0) is 54.9 Å². The molecule has 2 unspecified atom stereocenters. The Morgan fingerprint density at radius 2 is 1.79 bits per heavy atom. The summed E-state index contributed by atoms with van der Waals surface area (Å²) >= 11 is 0. The molecule has 2 fully saturated rings. The van der Waals surface area contributed by atoms with Crippen molar-refractivity contribution in [3.8, 4) is 5.75 Å². The third-order valence-corrected chi connectivity index (χ3v) is 6.52. The van der Waals surface area contributed by atoms with Crippen LogP contribution >= 0.6 is 0 Å². The molecule has 2 heterocycles. The average molecular weight is 379 g/mol. The summed E-state index contributed by atoms with van der Waals surface area (Å²) in [5.41, 5.74) is 2.45. The Bertz CT molecular complexity index is 793. The number of phenolic OH excluding ortho intramolecular Hbond substituents is 1. The molecular formula is C24H30N2O2. The first-order chi connectivity index (χ1) is 13.6. The quantitative estimate of drug-likeness (QED) is 0.821. The highest BCUT2D eigenvalue weighted by molar-refractivity contribution is 5.73. The SMILES string of the molecule is CC(=O)N(CCN1C2CCC1CC(c1cccc(O)c1)C2)Cc1ccccc1. The lowest BCUT2D eigenvalue weighted by atomic mass is 9.85. The number of rotatable bonds is 6. The number of fused-ring (bicyclic) bond motifs is 2. The number of carbonyl (C=O) groups excluding carboxylic acids is 1. The van der Waals surface area contributed by atoms with Gasteiger partial charge >= 0.3 is 0 Å². The minimum Gasteiger partial charge on any atom is -0.508 e. The van der Waals surface area contributed by atoms with Crippen molar-refractivity contribution in [1.29, 1.82) is 0 Å². The van der Waals surface area contributed by atoms with Crippen molar-refractivity contribution in [2.45, 2.75) is 57.2 Å². The maximum absolute atomic E-state index is 12.2. The Morgan fingerprint density at radius 3 is 2.43 bits per heavy atom. The molecule has 2 saturated heterocycles. The van der Waals surface area contributed by atoms with Gasteiger partial charge in [-0.25, -0.2) is 0 Å². The second-order valence-corrected chi connectivity index (χ2v) is 8.31. The molecule has 1 N–H and O–H groups in total. The molecule has 2 aromatic rings. The van der Waals surface area contributed by atoms with Gasteiger partial charge in [-0.15, -0.1) is 0 Å². The average Bonchev–Trinajstić information content (AvgIpc) is 2.93. The summed E-state index contributed by atoms with van der Waals surface area (Å²) in [4.78, 5) is 16.8. The fraction of sp³-hybridized carbons (Fsp3) is 0.458. The molecule has 2 aliphatic heterocycles. The number of piperidine rings is 1. The smallest absolute Gasteiger partial charge is 0.219 e. The largest absolute Gasteiger partial charge is 0.508 e. The van der Waals surface area contributed by atoms with E-state index < -0.39 is 0 Å². The van der Waals surface area contributed by atoms with Crippen LogP contribution in [-0.4, -0.2) is 46.0 Å². The van der Waals surface area contributed by atoms with Crippen molar-refractivity contribution in [3.63, 3.8) is 0 Å². The van der Waals surface area contributed by atoms with Gasteiger partial charge in [0.15, 0.2) is 0 Å². The van der Waals surface area contributed by atoms with Crippen LogP contribution in [0, 0.1) is 0 Å². The van der Waals surface area contributed by atoms with E-state index in [1.165, 1.54) is 24.0 Å². The highest BCUT2D eigenvalue weighted by Gasteiger charge is 2.40. The summed E-state index contributed by atoms with van der Waals surface area (Å²) in [6, 6.07) is 19.2. The second kappa shape index (κ2) is 8.36. The van der Waals surface area contributed by atoms with Gasteiger partial charge < -0.3 is 10.0 Å². The van der Waals surface area contributed by atoms with E-state index in [0.29, 0.717) is 30.3 Å². The van der Waals surface area contributed by atoms with Gasteiger partial charge in [0.2, 0.25) is 5.91 Å². The van der Waals surface area contributed by atoms with E-state index in [4.69, 9.17) is 0 Å². The molecule has 4 heteroatoms. The lowest BCUT2D eigenvalue weighted by Crippen LogP contribution is -2.46. The molecule has 1 amide bonds. The van der Waals surface area contributed by atoms with Gasteiger partial charge in [-0.3, -0.25) is 9.69 Å². The highest BCUT2D eigenvalue weighted by atomic mass is 16.3. The van der Waals surface area contributed by atoms with Gasteiger partial charge in [-0.1, -0.05) is 42.5 Å². The first-order valence-corrected chi connectivity index (χ1v) is 10.4. The molecule has 0 radical (unpaired) electrons. The molecule has 0 aliphatic carbocycles. The summed E-state index contributed by atoms with van der Waals surface area (Å²) in [5, 5.41) is 9.81. The van der Waals surface area contributed by atoms with Crippen molar-refractivity contribution < 1.29 is 9.90 Å². The van der Waals surface area contributed by atoms with Crippen molar-refractivity contribution in [3.05, 3.63) is 65.7 Å². The van der Waals surface area contributed by atoms with E-state index in [9.17, 15) is 9.90 Å². The normalized spacial score (nSPS) is 24.2. The lowest BCUT2D eigenvalue weighted by molar-refractivity contribution is -0.129. The van der Waals surface area contributed by atoms with Crippen molar-refractivity contribution in [2.24, 2.45) is 0 Å². The monoisotopic (exact) mass is 378 g/mol. The molecular weight excluding hydrogens is 348 g/mol. The van der Waals surface area contributed by atoms with E-state index in [-0.39, 0.29) is 5.91 Å². The van der Waals surface area contributed by atoms with Crippen LogP contribution in [0.1, 0.15) is 49.7 Å². The highest BCUT2D eigenvalue weighted by Crippen LogP contribution is 2.43. The van der Waals surface area contributed by atoms with E-state index >= 15 is 0 Å². The predicted octanol–water partition coefficient (Wildman–Crippen LogP) is 4.15. The second-order valence-electron chi connectivity index (χ2n) is 8.31. The molecule has 2 aromatic carbocycles. The van der Waals surface area contributed by atoms with E-state index in [0.717, 1.165) is 25.9 Å². The van der Waals surface area contributed by atoms with Crippen LogP contribution in [0.15, 0.2) is 54.6 Å². The van der Waals surface area contributed by atoms with Gasteiger partial charge in [0.1, 0.15) is 5.75 Å². The fourth-order valence-electron chi connectivity index (χ4n) is 5.08. The Morgan fingerprint density at radius 1 is 1.07 bits per heavy atom. The van der Waals surface area contributed by atoms with E-state index in [1.54, 1.807) is 13.0 Å². The number of phenols is 1. The molecule has 0 saturated carbocycles. The van der Waals surface area contributed by atoms with Gasteiger partial charge in [-0.2, -0.15) is 0 Å². The zero-order valence-corrected chi connectivity index (χ0v) is 16.6. The number of carbonyl (C=O) groups is 1. The summed E-state index contributed by atoms with van der Waals surface area (Å²) in [5.74, 6) is 1.05. The van der Waals surface area contributed by atoms with Crippen LogP contribution in [-0.2, 0) is 11.3 Å². The number of hydrogen-bond donors (Lipinski definition) is 1. The standard InChI is InChI=1S/C24H30N2O2/c1-18(27)25(17-19-6-3-2-4-7-19)12-13-26-22-10-11-23(26)15-21(14-22)20-8-5-9-24(28)16-20/h2-9,16,21-23,28H,10-15,17H2,1H3. The lowest BCUT2D eigenvalue weighted by Gasteiger charge is -2.40. The van der Waals surface area contributed by atoms with Crippen LogP contribution in [0.2, 0.25) is 0 Å². The molecule has 4 nitrogen and oxygen atoms in total. The maximum atomic E-state index is 12.2. The molecule has 148 valence electrons. The Balaban J connectivity index is 1.37. The molecule has 2 bridgehead atoms. The van der Waals surface area contributed by atoms with Gasteiger partial charge in [0, 0.05) is 38.6 Å². The Hall–Kier alpha value is -2.33. The van der Waals surface area contributed by atoms with E-state index in [2.05, 4.69) is 23.1 Å². The third-order valence-electron chi connectivity index (χ3n) is 6.52. The van der Waals surface area contributed by atoms with Crippen LogP contribution in [0.5, 0.6) is 5.75 Å². The summed E-state index contributed by atoms with van der Waals surface area (Å²) in [7, 11) is 0. The summed E-state index contributed by atoms with van der Waals surface area (Å²) in [6.07, 6.45) is 4.80. The molecule has 0 aromatic heterocycles. The predicted molar refractivity (Wildman–Crippen MR) is 111 cm³/mol. The zero-order valence-electron chi connectivity index (χ0n) is 16.6. The third kappa shape index (κ3) is 4.22. The topological polar surface area (TPSA) is 43.8 Å². The van der Waals surface area contributed by atoms with Crippen molar-refractivity contribution >= 4 is 5.91 Å². The number of aromatic hydroxyl groups is 1. The minimum absolute atomic E-state index is 0.144. The van der Waals surface area contributed by atoms with Gasteiger partial charge in [0.05, 0.1) is 0 Å². The molecule has 0 spiro atoms. The zero-order chi connectivity index (χ0) is 19.5. The maximum Gasteiger partial charge on any atom is 0.219 e. The van der Waals surface area contributed by atoms with Crippen molar-refractivity contribution in [1.82, 2.24) is 9.80 Å². The van der Waals surface area contributed by atoms with E-state index in [1.807, 2.05) is 35.2 Å². The van der Waals surface area contributed by atoms with Crippen molar-refractivity contribution in [2.75, 3.05) is 13.1 Å². The Kier molecular flexibility index (Phi) is 5.67. The molecule has 2 aliphatic rings. The number of amides is 1. The first kappa shape index (κ1) is 19.0. The first-order valence-electron chi connectivity index (χ1n) is 10.4. The van der Waals surface area contributed by atoms with Crippen LogP contribution < -0.4 is 0 Å². The van der Waals surface area contributed by atoms with Crippen LogP contribution in [0.25, 0.3) is 0 Å². The fourth-order valence-corrected chi connectivity index (χ4v) is 5.08. The molecule has 4 rings (SSSR count). The number of benzene rings is 2.